The zero-order chi connectivity index (χ0) is 18.1. The van der Waals surface area contributed by atoms with Gasteiger partial charge >= 0.3 is 0 Å². The molecule has 27 heavy (non-hydrogen) atoms. The van der Waals surface area contributed by atoms with E-state index in [0.717, 1.165) is 16.3 Å². The second-order valence-corrected chi connectivity index (χ2v) is 6.45. The van der Waals surface area contributed by atoms with Crippen molar-refractivity contribution in [2.45, 2.75) is 0 Å². The summed E-state index contributed by atoms with van der Waals surface area (Å²) in [4.78, 5) is 24.8. The largest absolute Gasteiger partial charge is 0.454 e. The highest BCUT2D eigenvalue weighted by atomic mass is 16.7. The molecule has 132 valence electrons. The molecule has 0 fully saturated rings. The maximum atomic E-state index is 12.5. The standard InChI is InChI=1S/C20H11NO6/c22-19-12-3-10-5-15-16(27-8-26-15)6-11(10)17(18(12)20(23)21-19)9-1-2-13-14(4-9)25-7-24-13/h1-6H,7-8H2,(H,21,22,23). The maximum absolute atomic E-state index is 12.5. The Bertz CT molecular complexity index is 1200. The molecule has 3 aromatic carbocycles. The molecule has 3 aromatic rings. The number of carbonyl (C=O) groups is 2. The van der Waals surface area contributed by atoms with Gasteiger partial charge in [-0.1, -0.05) is 6.07 Å². The molecule has 0 radical (unpaired) electrons. The Hall–Kier alpha value is -3.74. The molecule has 7 nitrogen and oxygen atoms in total. The minimum atomic E-state index is -0.415. The Morgan fingerprint density at radius 3 is 2.22 bits per heavy atom. The van der Waals surface area contributed by atoms with Crippen LogP contribution in [0, 0.1) is 0 Å². The Labute approximate surface area is 152 Å². The lowest BCUT2D eigenvalue weighted by molar-refractivity contribution is 0.0879. The average molecular weight is 361 g/mol. The van der Waals surface area contributed by atoms with E-state index >= 15 is 0 Å². The van der Waals surface area contributed by atoms with E-state index in [0.29, 0.717) is 39.7 Å². The summed E-state index contributed by atoms with van der Waals surface area (Å²) in [5, 5.41) is 3.96. The van der Waals surface area contributed by atoms with Crippen molar-refractivity contribution in [3.05, 3.63) is 47.5 Å². The summed E-state index contributed by atoms with van der Waals surface area (Å²) in [5.41, 5.74) is 2.11. The van der Waals surface area contributed by atoms with Crippen molar-refractivity contribution in [1.29, 1.82) is 0 Å². The zero-order valence-corrected chi connectivity index (χ0v) is 13.8. The number of benzene rings is 3. The fourth-order valence-electron chi connectivity index (χ4n) is 3.79. The van der Waals surface area contributed by atoms with Crippen molar-refractivity contribution in [3.8, 4) is 34.1 Å². The SMILES string of the molecule is O=C1NC(=O)c2c1cc1cc3c(cc1c2-c1ccc2c(c1)OCO2)OCO3. The van der Waals surface area contributed by atoms with Crippen LogP contribution in [0.2, 0.25) is 0 Å². The number of hydrogen-bond donors (Lipinski definition) is 1. The Morgan fingerprint density at radius 1 is 0.704 bits per heavy atom. The number of fused-ring (bicyclic) bond motifs is 4. The highest BCUT2D eigenvalue weighted by Gasteiger charge is 2.33. The first-order chi connectivity index (χ1) is 13.2. The minimum Gasteiger partial charge on any atom is -0.454 e. The third-order valence-electron chi connectivity index (χ3n) is 4.99. The lowest BCUT2D eigenvalue weighted by atomic mass is 9.90. The van der Waals surface area contributed by atoms with E-state index in [2.05, 4.69) is 5.32 Å². The van der Waals surface area contributed by atoms with Gasteiger partial charge in [-0.25, -0.2) is 0 Å². The molecule has 3 aliphatic rings. The number of ether oxygens (including phenoxy) is 4. The normalized spacial score (nSPS) is 16.0. The van der Waals surface area contributed by atoms with E-state index in [1.165, 1.54) is 0 Å². The second-order valence-electron chi connectivity index (χ2n) is 6.45. The summed E-state index contributed by atoms with van der Waals surface area (Å²) >= 11 is 0. The van der Waals surface area contributed by atoms with Crippen molar-refractivity contribution < 1.29 is 28.5 Å². The molecule has 7 heteroatoms. The lowest BCUT2D eigenvalue weighted by Crippen LogP contribution is -2.20. The van der Waals surface area contributed by atoms with Gasteiger partial charge in [0.05, 0.1) is 11.1 Å². The molecule has 0 spiro atoms. The molecule has 0 bridgehead atoms. The first-order valence-corrected chi connectivity index (χ1v) is 8.35. The van der Waals surface area contributed by atoms with Gasteiger partial charge in [-0.3, -0.25) is 14.9 Å². The molecular formula is C20H11NO6. The lowest BCUT2D eigenvalue weighted by Gasteiger charge is -2.13. The molecule has 3 aliphatic heterocycles. The molecule has 0 aromatic heterocycles. The van der Waals surface area contributed by atoms with Crippen LogP contribution in [0.5, 0.6) is 23.0 Å². The van der Waals surface area contributed by atoms with Crippen molar-refractivity contribution in [2.24, 2.45) is 0 Å². The van der Waals surface area contributed by atoms with Crippen LogP contribution in [-0.4, -0.2) is 25.4 Å². The summed E-state index contributed by atoms with van der Waals surface area (Å²) in [6, 6.07) is 10.8. The average Bonchev–Trinajstić information content (AvgIpc) is 3.37. The number of nitrogens with one attached hydrogen (secondary N) is 1. The van der Waals surface area contributed by atoms with Gasteiger partial charge in [-0.05, 0) is 46.7 Å². The van der Waals surface area contributed by atoms with Crippen LogP contribution in [0.1, 0.15) is 20.7 Å². The van der Waals surface area contributed by atoms with Crippen LogP contribution in [-0.2, 0) is 0 Å². The van der Waals surface area contributed by atoms with E-state index in [1.807, 2.05) is 24.3 Å². The zero-order valence-electron chi connectivity index (χ0n) is 13.8. The van der Waals surface area contributed by atoms with Gasteiger partial charge in [-0.15, -0.1) is 0 Å². The van der Waals surface area contributed by atoms with E-state index in [-0.39, 0.29) is 13.6 Å². The maximum Gasteiger partial charge on any atom is 0.259 e. The Balaban J connectivity index is 1.72. The van der Waals surface area contributed by atoms with Gasteiger partial charge in [0.1, 0.15) is 0 Å². The first-order valence-electron chi connectivity index (χ1n) is 8.35. The van der Waals surface area contributed by atoms with Crippen LogP contribution < -0.4 is 24.3 Å². The van der Waals surface area contributed by atoms with Crippen LogP contribution in [0.4, 0.5) is 0 Å². The van der Waals surface area contributed by atoms with E-state index in [9.17, 15) is 9.59 Å². The topological polar surface area (TPSA) is 83.1 Å². The molecule has 0 unspecified atom stereocenters. The smallest absolute Gasteiger partial charge is 0.259 e. The van der Waals surface area contributed by atoms with Crippen LogP contribution >= 0.6 is 0 Å². The Kier molecular flexibility index (Phi) is 2.63. The van der Waals surface area contributed by atoms with Gasteiger partial charge in [0.25, 0.3) is 11.8 Å². The van der Waals surface area contributed by atoms with Gasteiger partial charge < -0.3 is 18.9 Å². The molecule has 2 amide bonds. The van der Waals surface area contributed by atoms with Gasteiger partial charge in [0.15, 0.2) is 23.0 Å². The van der Waals surface area contributed by atoms with Gasteiger partial charge in [0.2, 0.25) is 13.6 Å². The predicted octanol–water partition coefficient (Wildman–Crippen LogP) is 2.85. The fraction of sp³-hybridized carbons (Fsp3) is 0.100. The van der Waals surface area contributed by atoms with Gasteiger partial charge in [-0.2, -0.15) is 0 Å². The van der Waals surface area contributed by atoms with Crippen molar-refractivity contribution >= 4 is 22.6 Å². The number of rotatable bonds is 1. The highest BCUT2D eigenvalue weighted by Crippen LogP contribution is 2.45. The predicted molar refractivity (Wildman–Crippen MR) is 93.4 cm³/mol. The molecular weight excluding hydrogens is 350 g/mol. The third kappa shape index (κ3) is 1.90. The summed E-state index contributed by atoms with van der Waals surface area (Å²) in [5.74, 6) is 1.65. The van der Waals surface area contributed by atoms with E-state index in [4.69, 9.17) is 18.9 Å². The second kappa shape index (κ2) is 4.91. The van der Waals surface area contributed by atoms with E-state index < -0.39 is 11.8 Å². The summed E-state index contributed by atoms with van der Waals surface area (Å²) in [6.07, 6.45) is 0. The highest BCUT2D eigenvalue weighted by molar-refractivity contribution is 6.27. The van der Waals surface area contributed by atoms with E-state index in [1.54, 1.807) is 12.1 Å². The van der Waals surface area contributed by atoms with Crippen LogP contribution in [0.3, 0.4) is 0 Å². The number of imide groups is 1. The summed E-state index contributed by atoms with van der Waals surface area (Å²) < 4.78 is 21.8. The number of amides is 2. The molecule has 3 heterocycles. The molecule has 0 saturated carbocycles. The number of hydrogen-bond acceptors (Lipinski definition) is 6. The van der Waals surface area contributed by atoms with Crippen molar-refractivity contribution in [1.82, 2.24) is 5.32 Å². The third-order valence-corrected chi connectivity index (χ3v) is 4.99. The monoisotopic (exact) mass is 361 g/mol. The number of carbonyl (C=O) groups excluding carboxylic acids is 2. The van der Waals surface area contributed by atoms with Crippen LogP contribution in [0.15, 0.2) is 36.4 Å². The van der Waals surface area contributed by atoms with Crippen LogP contribution in [0.25, 0.3) is 21.9 Å². The molecule has 0 atom stereocenters. The Morgan fingerprint density at radius 2 is 1.41 bits per heavy atom. The quantitative estimate of drug-likeness (QED) is 0.671. The minimum absolute atomic E-state index is 0.143. The molecule has 0 aliphatic carbocycles. The molecule has 1 N–H and O–H groups in total. The van der Waals surface area contributed by atoms with Gasteiger partial charge in [0, 0.05) is 5.56 Å². The van der Waals surface area contributed by atoms with Crippen molar-refractivity contribution in [2.75, 3.05) is 13.6 Å². The fourth-order valence-corrected chi connectivity index (χ4v) is 3.79. The molecule has 0 saturated heterocycles. The first kappa shape index (κ1) is 14.4. The summed E-state index contributed by atoms with van der Waals surface area (Å²) in [7, 11) is 0. The molecule has 6 rings (SSSR count). The van der Waals surface area contributed by atoms with Crippen molar-refractivity contribution in [3.63, 3.8) is 0 Å². The summed E-state index contributed by atoms with van der Waals surface area (Å²) in [6.45, 7) is 0.300.